The quantitative estimate of drug-likeness (QED) is 0.240. The molecule has 3 rings (SSSR count). The normalized spacial score (nSPS) is 17.5. The number of piperidine rings is 1. The minimum atomic E-state index is -1.12. The van der Waals surface area contributed by atoms with Crippen molar-refractivity contribution in [3.63, 3.8) is 0 Å². The lowest BCUT2D eigenvalue weighted by atomic mass is 10.0. The average Bonchev–Trinajstić information content (AvgIpc) is 3.03. The molecular weight excluding hydrogens is 469 g/mol. The zero-order valence-corrected chi connectivity index (χ0v) is 18.8. The molecule has 190 valence electrons. The first kappa shape index (κ1) is 26.2. The number of hydrogen-bond donors (Lipinski definition) is 3. The zero-order chi connectivity index (χ0) is 25.4. The highest BCUT2D eigenvalue weighted by Gasteiger charge is 2.45. The van der Waals surface area contributed by atoms with Crippen LogP contribution in [0.3, 0.4) is 0 Å². The summed E-state index contributed by atoms with van der Waals surface area (Å²) in [4.78, 5) is 60.0. The highest BCUT2D eigenvalue weighted by molar-refractivity contribution is 6.23. The molecule has 0 saturated carbocycles. The second-order valence-corrected chi connectivity index (χ2v) is 7.73. The number of anilines is 1. The Hall–Kier alpha value is -3.42. The number of nitrogens with one attached hydrogen (secondary N) is 2. The number of carboxylic acid groups (broad SMARTS) is 1. The number of fused-ring (bicyclic) bond motifs is 1. The lowest BCUT2D eigenvalue weighted by Crippen LogP contribution is -2.54. The molecule has 1 aromatic rings. The lowest BCUT2D eigenvalue weighted by Gasteiger charge is -2.27. The molecule has 1 atom stereocenters. The maximum absolute atomic E-state index is 14.5. The molecule has 0 spiro atoms. The van der Waals surface area contributed by atoms with Gasteiger partial charge in [0.15, 0.2) is 0 Å². The van der Waals surface area contributed by atoms with Crippen molar-refractivity contribution in [2.24, 2.45) is 0 Å². The van der Waals surface area contributed by atoms with Gasteiger partial charge in [0.1, 0.15) is 11.9 Å². The van der Waals surface area contributed by atoms with Crippen LogP contribution >= 0.6 is 0 Å². The summed E-state index contributed by atoms with van der Waals surface area (Å²) in [5, 5.41) is 13.4. The van der Waals surface area contributed by atoms with Gasteiger partial charge in [-0.25, -0.2) is 4.39 Å². The molecule has 2 heterocycles. The first-order valence-corrected chi connectivity index (χ1v) is 11.0. The number of halogens is 1. The van der Waals surface area contributed by atoms with Gasteiger partial charge in [-0.2, -0.15) is 0 Å². The third kappa shape index (κ3) is 6.81. The van der Waals surface area contributed by atoms with Gasteiger partial charge < -0.3 is 24.6 Å². The van der Waals surface area contributed by atoms with Crippen molar-refractivity contribution in [2.45, 2.75) is 25.3 Å². The molecule has 0 radical (unpaired) electrons. The van der Waals surface area contributed by atoms with Gasteiger partial charge in [-0.15, -0.1) is 0 Å². The number of carbonyl (C=O) groups excluding carboxylic acids is 4. The van der Waals surface area contributed by atoms with Gasteiger partial charge >= 0.3 is 5.97 Å². The van der Waals surface area contributed by atoms with E-state index in [0.717, 1.165) is 11.0 Å². The van der Waals surface area contributed by atoms with Crippen molar-refractivity contribution < 1.29 is 47.7 Å². The molecule has 12 nitrogen and oxygen atoms in total. The van der Waals surface area contributed by atoms with E-state index in [4.69, 9.17) is 19.3 Å². The van der Waals surface area contributed by atoms with Gasteiger partial charge in [0.25, 0.3) is 11.8 Å². The van der Waals surface area contributed by atoms with E-state index in [2.05, 4.69) is 10.6 Å². The monoisotopic (exact) mass is 495 g/mol. The molecule has 4 amide bonds. The maximum Gasteiger partial charge on any atom is 0.305 e. The maximum atomic E-state index is 14.5. The molecule has 35 heavy (non-hydrogen) atoms. The molecule has 1 aromatic carbocycles. The molecule has 2 aliphatic heterocycles. The second-order valence-electron chi connectivity index (χ2n) is 7.73. The molecule has 2 aliphatic rings. The third-order valence-corrected chi connectivity index (χ3v) is 5.29. The fraction of sp³-hybridized carbons (Fsp3) is 0.500. The number of nitrogens with zero attached hydrogens (tertiary/aromatic N) is 1. The molecular formula is C22H26FN3O9. The van der Waals surface area contributed by atoms with Crippen molar-refractivity contribution in [1.82, 2.24) is 10.2 Å². The number of imide groups is 2. The van der Waals surface area contributed by atoms with Crippen molar-refractivity contribution >= 4 is 35.3 Å². The van der Waals surface area contributed by atoms with Crippen LogP contribution in [0.4, 0.5) is 10.1 Å². The fourth-order valence-electron chi connectivity index (χ4n) is 3.59. The summed E-state index contributed by atoms with van der Waals surface area (Å²) in [5.41, 5.74) is -0.153. The molecule has 1 unspecified atom stereocenters. The standard InChI is InChI=1S/C22H26FN3O9/c23-15-11-13-14(22(32)26(21(13)31)17-1-2-18(27)25-20(17)30)12-16(15)24-4-6-34-8-10-35-9-7-33-5-3-19(28)29/h11-12,17,24H,1-10H2,(H,28,29)(H,25,27,30). The summed E-state index contributed by atoms with van der Waals surface area (Å²) in [7, 11) is 0. The summed E-state index contributed by atoms with van der Waals surface area (Å²) in [5.74, 6) is -4.37. The van der Waals surface area contributed by atoms with Crippen molar-refractivity contribution in [1.29, 1.82) is 0 Å². The smallest absolute Gasteiger partial charge is 0.305 e. The van der Waals surface area contributed by atoms with Crippen LogP contribution in [0.15, 0.2) is 12.1 Å². The second kappa shape index (κ2) is 12.3. The van der Waals surface area contributed by atoms with Crippen molar-refractivity contribution in [2.75, 3.05) is 51.5 Å². The van der Waals surface area contributed by atoms with E-state index in [-0.39, 0.29) is 69.0 Å². The highest BCUT2D eigenvalue weighted by atomic mass is 19.1. The van der Waals surface area contributed by atoms with Crippen LogP contribution in [0.1, 0.15) is 40.0 Å². The number of amides is 4. The first-order chi connectivity index (χ1) is 16.8. The first-order valence-electron chi connectivity index (χ1n) is 11.0. The Bertz CT molecular complexity index is 1000. The molecule has 0 aliphatic carbocycles. The van der Waals surface area contributed by atoms with E-state index in [1.807, 2.05) is 0 Å². The Morgan fingerprint density at radius 2 is 1.60 bits per heavy atom. The molecule has 1 saturated heterocycles. The number of benzene rings is 1. The van der Waals surface area contributed by atoms with E-state index >= 15 is 0 Å². The molecule has 13 heteroatoms. The SMILES string of the molecule is O=C(O)CCOCCOCCOCCNc1cc2c(cc1F)C(=O)N(C1CCC(=O)NC1=O)C2=O. The largest absolute Gasteiger partial charge is 0.481 e. The fourth-order valence-corrected chi connectivity index (χ4v) is 3.59. The Labute approximate surface area is 199 Å². The number of carbonyl (C=O) groups is 5. The number of rotatable bonds is 14. The predicted octanol–water partition coefficient (Wildman–Crippen LogP) is 0.163. The summed E-state index contributed by atoms with van der Waals surface area (Å²) in [6, 6.07) is 1.06. The van der Waals surface area contributed by atoms with Crippen LogP contribution in [0.5, 0.6) is 0 Å². The van der Waals surface area contributed by atoms with Crippen LogP contribution in [-0.4, -0.2) is 91.8 Å². The Morgan fingerprint density at radius 3 is 2.23 bits per heavy atom. The predicted molar refractivity (Wildman–Crippen MR) is 116 cm³/mol. The number of hydrogen-bond acceptors (Lipinski definition) is 9. The van der Waals surface area contributed by atoms with Gasteiger partial charge in [-0.1, -0.05) is 0 Å². The van der Waals surface area contributed by atoms with Gasteiger partial charge in [-0.05, 0) is 18.6 Å². The number of aliphatic carboxylic acids is 1. The van der Waals surface area contributed by atoms with E-state index in [1.54, 1.807) is 0 Å². The minimum Gasteiger partial charge on any atom is -0.481 e. The van der Waals surface area contributed by atoms with Crippen molar-refractivity contribution in [3.05, 3.63) is 29.1 Å². The Morgan fingerprint density at radius 1 is 1.00 bits per heavy atom. The topological polar surface area (TPSA) is 161 Å². The van der Waals surface area contributed by atoms with Gasteiger partial charge in [0.05, 0.1) is 62.9 Å². The summed E-state index contributed by atoms with van der Waals surface area (Å²) >= 11 is 0. The van der Waals surface area contributed by atoms with Crippen LogP contribution in [0.2, 0.25) is 0 Å². The molecule has 3 N–H and O–H groups in total. The van der Waals surface area contributed by atoms with Gasteiger partial charge in [0.2, 0.25) is 11.8 Å². The van der Waals surface area contributed by atoms with Crippen LogP contribution in [0, 0.1) is 5.82 Å². The van der Waals surface area contributed by atoms with E-state index < -0.39 is 41.5 Å². The third-order valence-electron chi connectivity index (χ3n) is 5.29. The summed E-state index contributed by atoms with van der Waals surface area (Å²) in [6.45, 7) is 1.69. The van der Waals surface area contributed by atoms with Gasteiger partial charge in [0, 0.05) is 13.0 Å². The van der Waals surface area contributed by atoms with Crippen LogP contribution in [-0.2, 0) is 28.6 Å². The van der Waals surface area contributed by atoms with E-state index in [9.17, 15) is 28.4 Å². The Kier molecular flexibility index (Phi) is 9.23. The summed E-state index contributed by atoms with van der Waals surface area (Å²) in [6.07, 6.45) is -0.0530. The number of carboxylic acids is 1. The van der Waals surface area contributed by atoms with Crippen molar-refractivity contribution in [3.8, 4) is 0 Å². The Balaban J connectivity index is 1.41. The number of ether oxygens (including phenoxy) is 3. The average molecular weight is 495 g/mol. The highest BCUT2D eigenvalue weighted by Crippen LogP contribution is 2.31. The van der Waals surface area contributed by atoms with E-state index in [1.165, 1.54) is 6.07 Å². The molecule has 1 fully saturated rings. The minimum absolute atomic E-state index is 0.00338. The summed E-state index contributed by atoms with van der Waals surface area (Å²) < 4.78 is 30.2. The van der Waals surface area contributed by atoms with Crippen LogP contribution in [0.25, 0.3) is 0 Å². The van der Waals surface area contributed by atoms with E-state index in [0.29, 0.717) is 13.2 Å². The zero-order valence-electron chi connectivity index (χ0n) is 18.8. The van der Waals surface area contributed by atoms with Gasteiger partial charge in [-0.3, -0.25) is 34.2 Å². The molecule has 0 bridgehead atoms. The molecule has 0 aromatic heterocycles. The lowest BCUT2D eigenvalue weighted by molar-refractivity contribution is -0.138. The van der Waals surface area contributed by atoms with Crippen LogP contribution < -0.4 is 10.6 Å².